The summed E-state index contributed by atoms with van der Waals surface area (Å²) in [6.45, 7) is 6.86. The van der Waals surface area contributed by atoms with Crippen LogP contribution >= 0.6 is 0 Å². The zero-order chi connectivity index (χ0) is 14.0. The van der Waals surface area contributed by atoms with E-state index in [4.69, 9.17) is 0 Å². The lowest BCUT2D eigenvalue weighted by Gasteiger charge is -2.39. The second-order valence-electron chi connectivity index (χ2n) is 5.87. The molecule has 2 heterocycles. The number of likely N-dealkylation sites (tertiary alicyclic amines) is 1. The maximum Gasteiger partial charge on any atom is 0.226 e. The summed E-state index contributed by atoms with van der Waals surface area (Å²) in [7, 11) is 3.67. The summed E-state index contributed by atoms with van der Waals surface area (Å²) in [4.78, 5) is 14.4. The molecule has 1 aliphatic heterocycles. The Labute approximate surface area is 115 Å². The summed E-state index contributed by atoms with van der Waals surface area (Å²) in [6.07, 6.45) is 4.11. The van der Waals surface area contributed by atoms with E-state index in [0.717, 1.165) is 38.2 Å². The molecule has 0 aliphatic carbocycles. The zero-order valence-electron chi connectivity index (χ0n) is 12.4. The van der Waals surface area contributed by atoms with E-state index >= 15 is 0 Å². The molecule has 1 atom stereocenters. The highest BCUT2D eigenvalue weighted by atomic mass is 16.2. The highest BCUT2D eigenvalue weighted by Crippen LogP contribution is 2.30. The minimum atomic E-state index is -0.261. The van der Waals surface area contributed by atoms with Crippen LogP contribution in [0.2, 0.25) is 0 Å². The van der Waals surface area contributed by atoms with E-state index in [9.17, 15) is 4.79 Å². The van der Waals surface area contributed by atoms with Gasteiger partial charge in [-0.1, -0.05) is 0 Å². The van der Waals surface area contributed by atoms with Gasteiger partial charge in [0.2, 0.25) is 5.91 Å². The van der Waals surface area contributed by atoms with Crippen molar-refractivity contribution in [1.29, 1.82) is 0 Å². The molecule has 19 heavy (non-hydrogen) atoms. The molecule has 0 spiro atoms. The van der Waals surface area contributed by atoms with Gasteiger partial charge < -0.3 is 5.32 Å². The average molecular weight is 264 g/mol. The number of aromatic nitrogens is 2. The first-order valence-electron chi connectivity index (χ1n) is 6.88. The molecule has 1 saturated heterocycles. The number of hydrogen-bond donors (Lipinski definition) is 1. The Morgan fingerprint density at radius 3 is 2.89 bits per heavy atom. The van der Waals surface area contributed by atoms with Crippen molar-refractivity contribution >= 4 is 5.91 Å². The molecule has 0 unspecified atom stereocenters. The number of amides is 1. The van der Waals surface area contributed by atoms with Gasteiger partial charge in [0.1, 0.15) is 0 Å². The summed E-state index contributed by atoms with van der Waals surface area (Å²) < 4.78 is 1.85. The number of nitrogens with zero attached hydrogens (tertiary/aromatic N) is 3. The molecular weight excluding hydrogens is 240 g/mol. The molecule has 1 aliphatic rings. The topological polar surface area (TPSA) is 50.2 Å². The minimum Gasteiger partial charge on any atom is -0.359 e. The molecule has 2 rings (SSSR count). The smallest absolute Gasteiger partial charge is 0.226 e. The van der Waals surface area contributed by atoms with Gasteiger partial charge >= 0.3 is 0 Å². The molecule has 106 valence electrons. The maximum absolute atomic E-state index is 12.0. The predicted molar refractivity (Wildman–Crippen MR) is 74.6 cm³/mol. The molecule has 1 amide bonds. The van der Waals surface area contributed by atoms with Crippen LogP contribution in [0.5, 0.6) is 0 Å². The van der Waals surface area contributed by atoms with Crippen LogP contribution in [-0.2, 0) is 18.4 Å². The van der Waals surface area contributed by atoms with Crippen molar-refractivity contribution in [2.24, 2.45) is 12.5 Å². The summed E-state index contributed by atoms with van der Waals surface area (Å²) in [6, 6.07) is 0. The fraction of sp³-hybridized carbons (Fsp3) is 0.714. The van der Waals surface area contributed by atoms with Gasteiger partial charge in [-0.3, -0.25) is 14.4 Å². The van der Waals surface area contributed by atoms with Crippen LogP contribution in [0.1, 0.15) is 31.0 Å². The molecule has 1 aromatic heterocycles. The molecule has 0 bridgehead atoms. The number of piperidine rings is 1. The van der Waals surface area contributed by atoms with Crippen molar-refractivity contribution in [2.45, 2.75) is 33.2 Å². The maximum atomic E-state index is 12.0. The highest BCUT2D eigenvalue weighted by molar-refractivity contribution is 5.82. The van der Waals surface area contributed by atoms with E-state index in [1.54, 1.807) is 7.05 Å². The van der Waals surface area contributed by atoms with Crippen molar-refractivity contribution in [3.8, 4) is 0 Å². The van der Waals surface area contributed by atoms with Crippen LogP contribution in [0.15, 0.2) is 6.20 Å². The van der Waals surface area contributed by atoms with Gasteiger partial charge in [0, 0.05) is 38.9 Å². The lowest BCUT2D eigenvalue weighted by Crippen LogP contribution is -2.49. The summed E-state index contributed by atoms with van der Waals surface area (Å²) in [5.41, 5.74) is 2.07. The van der Waals surface area contributed by atoms with Crippen LogP contribution in [-0.4, -0.2) is 40.7 Å². The minimum absolute atomic E-state index is 0.153. The number of carbonyl (C=O) groups is 1. The van der Waals surface area contributed by atoms with Crippen molar-refractivity contribution in [3.05, 3.63) is 17.5 Å². The average Bonchev–Trinajstić information content (AvgIpc) is 2.67. The zero-order valence-corrected chi connectivity index (χ0v) is 12.4. The van der Waals surface area contributed by atoms with Crippen molar-refractivity contribution < 1.29 is 4.79 Å². The third kappa shape index (κ3) is 2.97. The van der Waals surface area contributed by atoms with E-state index in [-0.39, 0.29) is 11.3 Å². The van der Waals surface area contributed by atoms with Crippen LogP contribution in [0.25, 0.3) is 0 Å². The second-order valence-corrected chi connectivity index (χ2v) is 5.87. The number of carbonyl (C=O) groups excluding carboxylic acids is 1. The molecule has 5 heteroatoms. The van der Waals surface area contributed by atoms with Crippen molar-refractivity contribution in [1.82, 2.24) is 20.0 Å². The van der Waals surface area contributed by atoms with Crippen molar-refractivity contribution in [2.75, 3.05) is 20.1 Å². The lowest BCUT2D eigenvalue weighted by atomic mass is 9.81. The largest absolute Gasteiger partial charge is 0.359 e. The van der Waals surface area contributed by atoms with Gasteiger partial charge in [0.25, 0.3) is 0 Å². The summed E-state index contributed by atoms with van der Waals surface area (Å²) in [5, 5.41) is 7.17. The van der Waals surface area contributed by atoms with E-state index in [0.29, 0.717) is 0 Å². The van der Waals surface area contributed by atoms with Gasteiger partial charge in [0.05, 0.1) is 11.1 Å². The van der Waals surface area contributed by atoms with Gasteiger partial charge in [-0.05, 0) is 33.2 Å². The Hall–Kier alpha value is -1.36. The van der Waals surface area contributed by atoms with E-state index < -0.39 is 0 Å². The molecule has 1 N–H and O–H groups in total. The standard InChI is InChI=1S/C14H24N4O/c1-11-12(8-17(4)16-11)9-18-7-5-6-14(2,10-18)13(19)15-3/h8H,5-7,9-10H2,1-4H3,(H,15,19)/t14-/m0/s1. The normalized spacial score (nSPS) is 24.4. The first kappa shape index (κ1) is 14.1. The third-order valence-electron chi connectivity index (χ3n) is 4.06. The Balaban J connectivity index is 2.06. The van der Waals surface area contributed by atoms with Gasteiger partial charge in [-0.25, -0.2) is 0 Å². The number of rotatable bonds is 3. The van der Waals surface area contributed by atoms with Crippen LogP contribution < -0.4 is 5.32 Å². The molecule has 0 radical (unpaired) electrons. The predicted octanol–water partition coefficient (Wildman–Crippen LogP) is 1.08. The van der Waals surface area contributed by atoms with Crippen LogP contribution in [0.4, 0.5) is 0 Å². The van der Waals surface area contributed by atoms with Gasteiger partial charge in [0.15, 0.2) is 0 Å². The Morgan fingerprint density at radius 2 is 2.32 bits per heavy atom. The molecule has 1 fully saturated rings. The first-order valence-corrected chi connectivity index (χ1v) is 6.88. The number of nitrogens with one attached hydrogen (secondary N) is 1. The fourth-order valence-electron chi connectivity index (χ4n) is 3.01. The Bertz CT molecular complexity index is 468. The second kappa shape index (κ2) is 5.33. The Kier molecular flexibility index (Phi) is 3.94. The van der Waals surface area contributed by atoms with Crippen LogP contribution in [0, 0.1) is 12.3 Å². The number of hydrogen-bond acceptors (Lipinski definition) is 3. The highest BCUT2D eigenvalue weighted by Gasteiger charge is 2.37. The molecule has 0 saturated carbocycles. The molecule has 1 aromatic rings. The molecule has 5 nitrogen and oxygen atoms in total. The fourth-order valence-corrected chi connectivity index (χ4v) is 3.01. The lowest BCUT2D eigenvalue weighted by molar-refractivity contribution is -0.132. The SMILES string of the molecule is CNC(=O)[C@@]1(C)CCCN(Cc2cn(C)nc2C)C1. The quantitative estimate of drug-likeness (QED) is 0.888. The number of aryl methyl sites for hydroxylation is 2. The van der Waals surface area contributed by atoms with Gasteiger partial charge in [-0.15, -0.1) is 0 Å². The van der Waals surface area contributed by atoms with E-state index in [2.05, 4.69) is 28.4 Å². The van der Waals surface area contributed by atoms with Crippen LogP contribution in [0.3, 0.4) is 0 Å². The third-order valence-corrected chi connectivity index (χ3v) is 4.06. The Morgan fingerprint density at radius 1 is 1.58 bits per heavy atom. The van der Waals surface area contributed by atoms with E-state index in [1.807, 2.05) is 18.7 Å². The first-order chi connectivity index (χ1) is 8.94. The van der Waals surface area contributed by atoms with Gasteiger partial charge in [-0.2, -0.15) is 5.10 Å². The van der Waals surface area contributed by atoms with Crippen molar-refractivity contribution in [3.63, 3.8) is 0 Å². The molecule has 0 aromatic carbocycles. The van der Waals surface area contributed by atoms with E-state index in [1.165, 1.54) is 5.56 Å². The summed E-state index contributed by atoms with van der Waals surface area (Å²) >= 11 is 0. The monoisotopic (exact) mass is 264 g/mol. The summed E-state index contributed by atoms with van der Waals surface area (Å²) in [5.74, 6) is 0.153. The molecular formula is C14H24N4O.